The second kappa shape index (κ2) is 6.52. The molecule has 0 aromatic heterocycles. The summed E-state index contributed by atoms with van der Waals surface area (Å²) >= 11 is 0. The number of carbonyl (C=O) groups is 3. The minimum atomic E-state index is -1.04. The first-order valence-corrected chi connectivity index (χ1v) is 8.50. The molecule has 0 N–H and O–H groups in total. The maximum absolute atomic E-state index is 13.2. The van der Waals surface area contributed by atoms with Crippen LogP contribution in [0.2, 0.25) is 0 Å². The molecule has 3 nitrogen and oxygen atoms in total. The van der Waals surface area contributed by atoms with Crippen molar-refractivity contribution in [1.29, 1.82) is 0 Å². The minimum Gasteiger partial charge on any atom is -0.293 e. The highest BCUT2D eigenvalue weighted by Crippen LogP contribution is 2.38. The number of hydrogen-bond donors (Lipinski definition) is 0. The van der Waals surface area contributed by atoms with Gasteiger partial charge in [0.1, 0.15) is 0 Å². The van der Waals surface area contributed by atoms with Crippen molar-refractivity contribution < 1.29 is 14.4 Å². The molecular formula is C23H16O3. The van der Waals surface area contributed by atoms with Gasteiger partial charge in [-0.15, -0.1) is 0 Å². The summed E-state index contributed by atoms with van der Waals surface area (Å²) in [6, 6.07) is 24.5. The summed E-state index contributed by atoms with van der Waals surface area (Å²) in [5, 5.41) is 0. The van der Waals surface area contributed by atoms with E-state index in [9.17, 15) is 14.4 Å². The summed E-state index contributed by atoms with van der Waals surface area (Å²) in [6.07, 6.45) is 0. The highest BCUT2D eigenvalue weighted by molar-refractivity contribution is 6.26. The van der Waals surface area contributed by atoms with E-state index in [-0.39, 0.29) is 17.3 Å². The average molecular weight is 340 g/mol. The van der Waals surface area contributed by atoms with Crippen LogP contribution in [0, 0.1) is 5.92 Å². The Balaban J connectivity index is 1.90. The van der Waals surface area contributed by atoms with Crippen molar-refractivity contribution >= 4 is 17.3 Å². The molecule has 1 aliphatic rings. The van der Waals surface area contributed by atoms with Gasteiger partial charge in [-0.05, 0) is 5.56 Å². The standard InChI is InChI=1S/C23H16O3/c24-21(16-11-5-2-6-12-16)20-19(15-9-3-1-4-10-15)22(25)17-13-7-8-14-18(17)23(20)26/h1-14,19-20H. The van der Waals surface area contributed by atoms with Crippen molar-refractivity contribution in [1.82, 2.24) is 0 Å². The Morgan fingerprint density at radius 2 is 1.12 bits per heavy atom. The van der Waals surface area contributed by atoms with Gasteiger partial charge in [0, 0.05) is 16.7 Å². The Morgan fingerprint density at radius 3 is 1.73 bits per heavy atom. The van der Waals surface area contributed by atoms with Crippen LogP contribution in [0.5, 0.6) is 0 Å². The summed E-state index contributed by atoms with van der Waals surface area (Å²) in [7, 11) is 0. The third-order valence-corrected chi connectivity index (χ3v) is 4.86. The third kappa shape index (κ3) is 2.58. The Hall–Kier alpha value is -3.33. The van der Waals surface area contributed by atoms with Crippen molar-refractivity contribution in [2.45, 2.75) is 5.92 Å². The lowest BCUT2D eigenvalue weighted by Gasteiger charge is -2.30. The Morgan fingerprint density at radius 1 is 0.615 bits per heavy atom. The van der Waals surface area contributed by atoms with Crippen LogP contribution in [0.4, 0.5) is 0 Å². The molecule has 0 bridgehead atoms. The van der Waals surface area contributed by atoms with E-state index in [2.05, 4.69) is 0 Å². The number of benzene rings is 3. The molecule has 2 atom stereocenters. The van der Waals surface area contributed by atoms with Crippen LogP contribution in [0.1, 0.15) is 42.6 Å². The van der Waals surface area contributed by atoms with E-state index >= 15 is 0 Å². The zero-order valence-corrected chi connectivity index (χ0v) is 14.0. The third-order valence-electron chi connectivity index (χ3n) is 4.86. The van der Waals surface area contributed by atoms with E-state index in [1.165, 1.54) is 0 Å². The summed E-state index contributed by atoms with van der Waals surface area (Å²) in [6.45, 7) is 0. The second-order valence-corrected chi connectivity index (χ2v) is 6.37. The molecular weight excluding hydrogens is 324 g/mol. The molecule has 0 heterocycles. The lowest BCUT2D eigenvalue weighted by atomic mass is 9.68. The first kappa shape index (κ1) is 16.2. The van der Waals surface area contributed by atoms with Gasteiger partial charge in [0.15, 0.2) is 17.3 Å². The number of ketones is 3. The van der Waals surface area contributed by atoms with Crippen LogP contribution >= 0.6 is 0 Å². The SMILES string of the molecule is O=C(c1ccccc1)C1C(=O)c2ccccc2C(=O)C1c1ccccc1. The Bertz CT molecular complexity index is 990. The predicted molar refractivity (Wildman–Crippen MR) is 98.5 cm³/mol. The van der Waals surface area contributed by atoms with Crippen LogP contribution in [-0.2, 0) is 0 Å². The van der Waals surface area contributed by atoms with Crippen LogP contribution in [0.3, 0.4) is 0 Å². The number of fused-ring (bicyclic) bond motifs is 1. The van der Waals surface area contributed by atoms with Gasteiger partial charge in [0.25, 0.3) is 0 Å². The smallest absolute Gasteiger partial charge is 0.175 e. The summed E-state index contributed by atoms with van der Waals surface area (Å²) < 4.78 is 0. The van der Waals surface area contributed by atoms with Crippen molar-refractivity contribution in [3.8, 4) is 0 Å². The number of rotatable bonds is 3. The molecule has 0 radical (unpaired) electrons. The van der Waals surface area contributed by atoms with E-state index in [1.807, 2.05) is 24.3 Å². The van der Waals surface area contributed by atoms with Gasteiger partial charge in [-0.25, -0.2) is 0 Å². The van der Waals surface area contributed by atoms with Gasteiger partial charge in [-0.1, -0.05) is 84.9 Å². The Kier molecular flexibility index (Phi) is 4.05. The van der Waals surface area contributed by atoms with E-state index < -0.39 is 11.8 Å². The fourth-order valence-corrected chi connectivity index (χ4v) is 3.61. The highest BCUT2D eigenvalue weighted by atomic mass is 16.2. The van der Waals surface area contributed by atoms with Gasteiger partial charge in [0.05, 0.1) is 11.8 Å². The molecule has 126 valence electrons. The van der Waals surface area contributed by atoms with Crippen molar-refractivity contribution in [3.05, 3.63) is 107 Å². The van der Waals surface area contributed by atoms with Gasteiger partial charge < -0.3 is 0 Å². The molecule has 0 fully saturated rings. The molecule has 3 heteroatoms. The summed E-state index contributed by atoms with van der Waals surface area (Å²) in [4.78, 5) is 39.6. The molecule has 3 aromatic rings. The van der Waals surface area contributed by atoms with E-state index in [0.29, 0.717) is 22.3 Å². The van der Waals surface area contributed by atoms with Crippen LogP contribution in [0.15, 0.2) is 84.9 Å². The van der Waals surface area contributed by atoms with Crippen LogP contribution in [-0.4, -0.2) is 17.3 Å². The molecule has 4 rings (SSSR count). The number of hydrogen-bond acceptors (Lipinski definition) is 3. The molecule has 0 saturated carbocycles. The molecule has 0 saturated heterocycles. The summed E-state index contributed by atoms with van der Waals surface area (Å²) in [5.41, 5.74) is 1.86. The molecule has 26 heavy (non-hydrogen) atoms. The number of Topliss-reactive ketones (excluding diaryl/α,β-unsaturated/α-hetero) is 3. The molecule has 1 aliphatic carbocycles. The Labute approximate surface area is 151 Å². The molecule has 2 unspecified atom stereocenters. The average Bonchev–Trinajstić information content (AvgIpc) is 2.71. The first-order valence-electron chi connectivity index (χ1n) is 8.50. The van der Waals surface area contributed by atoms with Crippen molar-refractivity contribution in [2.24, 2.45) is 5.92 Å². The fraction of sp³-hybridized carbons (Fsp3) is 0.0870. The zero-order valence-electron chi connectivity index (χ0n) is 14.0. The zero-order chi connectivity index (χ0) is 18.1. The van der Waals surface area contributed by atoms with Gasteiger partial charge >= 0.3 is 0 Å². The predicted octanol–water partition coefficient (Wildman–Crippen LogP) is 4.35. The quantitative estimate of drug-likeness (QED) is 0.526. The van der Waals surface area contributed by atoms with E-state index in [4.69, 9.17) is 0 Å². The molecule has 0 spiro atoms. The molecule has 0 amide bonds. The topological polar surface area (TPSA) is 51.2 Å². The number of carbonyl (C=O) groups excluding carboxylic acids is 3. The van der Waals surface area contributed by atoms with Gasteiger partial charge in [-0.3, -0.25) is 14.4 Å². The van der Waals surface area contributed by atoms with Crippen LogP contribution < -0.4 is 0 Å². The van der Waals surface area contributed by atoms with Gasteiger partial charge in [0.2, 0.25) is 0 Å². The molecule has 3 aromatic carbocycles. The highest BCUT2D eigenvalue weighted by Gasteiger charge is 2.46. The van der Waals surface area contributed by atoms with E-state index in [0.717, 1.165) is 0 Å². The maximum Gasteiger partial charge on any atom is 0.175 e. The maximum atomic E-state index is 13.2. The lowest BCUT2D eigenvalue weighted by Crippen LogP contribution is -2.39. The first-order chi connectivity index (χ1) is 12.7. The molecule has 0 aliphatic heterocycles. The fourth-order valence-electron chi connectivity index (χ4n) is 3.61. The van der Waals surface area contributed by atoms with E-state index in [1.54, 1.807) is 60.7 Å². The summed E-state index contributed by atoms with van der Waals surface area (Å²) in [5.74, 6) is -2.62. The normalized spacial score (nSPS) is 19.1. The van der Waals surface area contributed by atoms with Gasteiger partial charge in [-0.2, -0.15) is 0 Å². The lowest BCUT2D eigenvalue weighted by molar-refractivity contribution is 0.0711. The largest absolute Gasteiger partial charge is 0.293 e. The van der Waals surface area contributed by atoms with Crippen molar-refractivity contribution in [2.75, 3.05) is 0 Å². The minimum absolute atomic E-state index is 0.180. The second-order valence-electron chi connectivity index (χ2n) is 6.37. The van der Waals surface area contributed by atoms with Crippen molar-refractivity contribution in [3.63, 3.8) is 0 Å². The van der Waals surface area contributed by atoms with Crippen LogP contribution in [0.25, 0.3) is 0 Å². The monoisotopic (exact) mass is 340 g/mol.